The smallest absolute Gasteiger partial charge is 0.331 e. The number of esters is 1. The van der Waals surface area contributed by atoms with Crippen molar-refractivity contribution < 1.29 is 28.1 Å². The number of nitrogens with zero attached hydrogens (tertiary/aromatic N) is 3. The zero-order valence-electron chi connectivity index (χ0n) is 18.2. The van der Waals surface area contributed by atoms with Crippen molar-refractivity contribution in [2.45, 2.75) is 27.1 Å². The van der Waals surface area contributed by atoms with Gasteiger partial charge in [-0.15, -0.1) is 0 Å². The number of benzene rings is 1. The molecule has 0 amide bonds. The van der Waals surface area contributed by atoms with Crippen molar-refractivity contribution in [1.29, 1.82) is 0 Å². The molecule has 0 aliphatic carbocycles. The first-order valence-electron chi connectivity index (χ1n) is 9.96. The number of thiophene rings is 1. The summed E-state index contributed by atoms with van der Waals surface area (Å²) >= 11 is 1.53. The van der Waals surface area contributed by atoms with E-state index in [1.165, 1.54) is 17.4 Å². The number of carbonyl (C=O) groups is 1. The van der Waals surface area contributed by atoms with Crippen LogP contribution >= 0.6 is 11.3 Å². The second-order valence-corrected chi connectivity index (χ2v) is 7.75. The van der Waals surface area contributed by atoms with Crippen LogP contribution in [0.25, 0.3) is 17.5 Å². The second-order valence-electron chi connectivity index (χ2n) is 6.97. The van der Waals surface area contributed by atoms with Crippen LogP contribution in [0, 0.1) is 13.8 Å². The zero-order valence-corrected chi connectivity index (χ0v) is 19.0. The minimum atomic E-state index is -0.533. The third kappa shape index (κ3) is 5.47. The molecule has 0 saturated heterocycles. The molecule has 0 aliphatic rings. The predicted octanol–water partition coefficient (Wildman–Crippen LogP) is 4.75. The van der Waals surface area contributed by atoms with Crippen LogP contribution in [0.4, 0.5) is 0 Å². The first kappa shape index (κ1) is 22.3. The standard InChI is InChI=1S/C23H21N3O6S/c1-14-18(15(2)31-25-14)11-29-19-6-4-16(10-20(19)28-3)5-7-22(27)30-12-21-24-23(32-26-21)17-8-9-33-13-17/h4-10,13H,11-12H2,1-3H3/b7-5+. The molecule has 0 fully saturated rings. The maximum atomic E-state index is 12.1. The van der Waals surface area contributed by atoms with E-state index >= 15 is 0 Å². The van der Waals surface area contributed by atoms with Crippen LogP contribution in [0.15, 0.2) is 50.1 Å². The lowest BCUT2D eigenvalue weighted by Crippen LogP contribution is -2.02. The molecule has 3 heterocycles. The normalized spacial score (nSPS) is 11.1. The highest BCUT2D eigenvalue weighted by Gasteiger charge is 2.13. The van der Waals surface area contributed by atoms with Gasteiger partial charge in [-0.2, -0.15) is 16.3 Å². The van der Waals surface area contributed by atoms with Gasteiger partial charge < -0.3 is 23.3 Å². The molecule has 0 unspecified atom stereocenters. The zero-order chi connectivity index (χ0) is 23.2. The van der Waals surface area contributed by atoms with E-state index in [2.05, 4.69) is 15.3 Å². The highest BCUT2D eigenvalue weighted by atomic mass is 32.1. The van der Waals surface area contributed by atoms with Crippen molar-refractivity contribution in [3.8, 4) is 23.0 Å². The van der Waals surface area contributed by atoms with E-state index in [9.17, 15) is 4.79 Å². The topological polar surface area (TPSA) is 110 Å². The Bertz CT molecular complexity index is 1240. The van der Waals surface area contributed by atoms with Crippen LogP contribution in [0.5, 0.6) is 11.5 Å². The van der Waals surface area contributed by atoms with Gasteiger partial charge in [-0.05, 0) is 49.1 Å². The molecular formula is C23H21N3O6S. The van der Waals surface area contributed by atoms with E-state index in [1.54, 1.807) is 31.4 Å². The fourth-order valence-corrected chi connectivity index (χ4v) is 3.56. The summed E-state index contributed by atoms with van der Waals surface area (Å²) in [5, 5.41) is 11.5. The Morgan fingerprint density at radius 1 is 1.12 bits per heavy atom. The summed E-state index contributed by atoms with van der Waals surface area (Å²) in [5.74, 6) is 1.96. The highest BCUT2D eigenvalue weighted by Crippen LogP contribution is 2.30. The largest absolute Gasteiger partial charge is 0.493 e. The summed E-state index contributed by atoms with van der Waals surface area (Å²) in [7, 11) is 1.55. The maximum absolute atomic E-state index is 12.1. The van der Waals surface area contributed by atoms with Gasteiger partial charge in [0.25, 0.3) is 5.89 Å². The molecule has 9 nitrogen and oxygen atoms in total. The molecule has 3 aromatic heterocycles. The van der Waals surface area contributed by atoms with Gasteiger partial charge in [0.15, 0.2) is 18.1 Å². The van der Waals surface area contributed by atoms with Gasteiger partial charge in [-0.25, -0.2) is 4.79 Å². The van der Waals surface area contributed by atoms with E-state index in [-0.39, 0.29) is 6.61 Å². The molecule has 0 aliphatic heterocycles. The lowest BCUT2D eigenvalue weighted by molar-refractivity contribution is -0.139. The molecule has 33 heavy (non-hydrogen) atoms. The van der Waals surface area contributed by atoms with Gasteiger partial charge in [-0.1, -0.05) is 16.4 Å². The van der Waals surface area contributed by atoms with Crippen LogP contribution in [-0.2, 0) is 22.7 Å². The van der Waals surface area contributed by atoms with Crippen LogP contribution in [-0.4, -0.2) is 28.4 Å². The van der Waals surface area contributed by atoms with Crippen LogP contribution in [0.1, 0.15) is 28.4 Å². The number of aromatic nitrogens is 3. The quantitative estimate of drug-likeness (QED) is 0.254. The number of methoxy groups -OCH3 is 1. The van der Waals surface area contributed by atoms with Crippen LogP contribution in [0.3, 0.4) is 0 Å². The van der Waals surface area contributed by atoms with Gasteiger partial charge >= 0.3 is 5.97 Å². The number of ether oxygens (including phenoxy) is 3. The molecule has 0 atom stereocenters. The summed E-state index contributed by atoms with van der Waals surface area (Å²) in [5.41, 5.74) is 3.26. The molecule has 0 saturated carbocycles. The Kier molecular flexibility index (Phi) is 6.84. The van der Waals surface area contributed by atoms with Crippen LogP contribution < -0.4 is 9.47 Å². The highest BCUT2D eigenvalue weighted by molar-refractivity contribution is 7.08. The predicted molar refractivity (Wildman–Crippen MR) is 120 cm³/mol. The minimum Gasteiger partial charge on any atom is -0.493 e. The summed E-state index contributed by atoms with van der Waals surface area (Å²) in [6.07, 6.45) is 2.94. The molecule has 10 heteroatoms. The van der Waals surface area contributed by atoms with E-state index in [0.717, 1.165) is 22.4 Å². The summed E-state index contributed by atoms with van der Waals surface area (Å²) in [4.78, 5) is 16.3. The number of rotatable bonds is 9. The third-order valence-corrected chi connectivity index (χ3v) is 5.42. The summed E-state index contributed by atoms with van der Waals surface area (Å²) in [6, 6.07) is 7.21. The van der Waals surface area contributed by atoms with Crippen molar-refractivity contribution in [2.75, 3.05) is 7.11 Å². The monoisotopic (exact) mass is 467 g/mol. The average Bonchev–Trinajstić information content (AvgIpc) is 3.57. The molecule has 4 aromatic rings. The van der Waals surface area contributed by atoms with Crippen molar-refractivity contribution in [3.05, 3.63) is 69.5 Å². The fraction of sp³-hybridized carbons (Fsp3) is 0.217. The number of hydrogen-bond acceptors (Lipinski definition) is 10. The Morgan fingerprint density at radius 3 is 2.73 bits per heavy atom. The first-order valence-corrected chi connectivity index (χ1v) is 10.9. The minimum absolute atomic E-state index is 0.0887. The molecule has 170 valence electrons. The van der Waals surface area contributed by atoms with Crippen molar-refractivity contribution in [3.63, 3.8) is 0 Å². The van der Waals surface area contributed by atoms with Gasteiger partial charge in [-0.3, -0.25) is 0 Å². The first-order chi connectivity index (χ1) is 16.0. The third-order valence-electron chi connectivity index (χ3n) is 4.73. The number of hydrogen-bond donors (Lipinski definition) is 0. The Labute approximate surface area is 193 Å². The van der Waals surface area contributed by atoms with Crippen molar-refractivity contribution in [1.82, 2.24) is 15.3 Å². The Balaban J connectivity index is 1.33. The Hall–Kier alpha value is -3.92. The maximum Gasteiger partial charge on any atom is 0.331 e. The molecule has 0 spiro atoms. The lowest BCUT2D eigenvalue weighted by atomic mass is 10.2. The lowest BCUT2D eigenvalue weighted by Gasteiger charge is -2.11. The van der Waals surface area contributed by atoms with Gasteiger partial charge in [0.05, 0.1) is 23.9 Å². The SMILES string of the molecule is COc1cc(/C=C/C(=O)OCc2noc(-c3ccsc3)n2)ccc1OCc1c(C)noc1C. The van der Waals surface area contributed by atoms with E-state index in [0.29, 0.717) is 35.6 Å². The average molecular weight is 468 g/mol. The molecule has 1 aromatic carbocycles. The van der Waals surface area contributed by atoms with E-state index in [4.69, 9.17) is 23.3 Å². The second kappa shape index (κ2) is 10.1. The molecule has 0 bridgehead atoms. The molecular weight excluding hydrogens is 446 g/mol. The number of carbonyl (C=O) groups excluding carboxylic acids is 1. The van der Waals surface area contributed by atoms with Gasteiger partial charge in [0.1, 0.15) is 12.4 Å². The van der Waals surface area contributed by atoms with Crippen molar-refractivity contribution in [2.24, 2.45) is 0 Å². The van der Waals surface area contributed by atoms with Gasteiger partial charge in [0, 0.05) is 11.5 Å². The van der Waals surface area contributed by atoms with E-state index in [1.807, 2.05) is 30.7 Å². The molecule has 4 rings (SSSR count). The molecule has 0 radical (unpaired) electrons. The van der Waals surface area contributed by atoms with Crippen molar-refractivity contribution >= 4 is 23.4 Å². The number of aryl methyl sites for hydroxylation is 2. The fourth-order valence-electron chi connectivity index (χ4n) is 2.93. The molecule has 0 N–H and O–H groups in total. The summed E-state index contributed by atoms with van der Waals surface area (Å²) < 4.78 is 26.8. The Morgan fingerprint density at radius 2 is 2.00 bits per heavy atom. The van der Waals surface area contributed by atoms with Gasteiger partial charge in [0.2, 0.25) is 5.82 Å². The van der Waals surface area contributed by atoms with Crippen LogP contribution in [0.2, 0.25) is 0 Å². The van der Waals surface area contributed by atoms with E-state index < -0.39 is 5.97 Å². The summed E-state index contributed by atoms with van der Waals surface area (Å²) in [6.45, 7) is 3.92.